The normalized spacial score (nSPS) is 13.6. The van der Waals surface area contributed by atoms with E-state index in [-0.39, 0.29) is 5.69 Å². The molecule has 1 aromatic carbocycles. The lowest BCUT2D eigenvalue weighted by molar-refractivity contribution is -0.384. The first-order valence-electron chi connectivity index (χ1n) is 7.09. The number of anilines is 1. The monoisotopic (exact) mass is 297 g/mol. The minimum absolute atomic E-state index is 0.0590. The summed E-state index contributed by atoms with van der Waals surface area (Å²) in [6.45, 7) is 3.36. The van der Waals surface area contributed by atoms with Gasteiger partial charge in [0.25, 0.3) is 5.69 Å². The molecule has 0 atom stereocenters. The number of nitro benzene ring substituents is 1. The topological polar surface area (TPSA) is 93.3 Å². The predicted molar refractivity (Wildman–Crippen MR) is 83.5 cm³/mol. The van der Waals surface area contributed by atoms with Crippen LogP contribution in [0.3, 0.4) is 0 Å². The van der Waals surface area contributed by atoms with Gasteiger partial charge in [-0.15, -0.1) is 5.10 Å². The molecule has 0 radical (unpaired) electrons. The van der Waals surface area contributed by atoms with Crippen LogP contribution in [0.5, 0.6) is 0 Å². The highest BCUT2D eigenvalue weighted by molar-refractivity contribution is 6.14. The summed E-state index contributed by atoms with van der Waals surface area (Å²) in [6.07, 6.45) is 0.811. The van der Waals surface area contributed by atoms with Gasteiger partial charge in [-0.3, -0.25) is 15.1 Å². The molecule has 0 saturated heterocycles. The van der Waals surface area contributed by atoms with E-state index in [0.717, 1.165) is 29.9 Å². The van der Waals surface area contributed by atoms with E-state index in [1.54, 1.807) is 12.1 Å². The number of nitrogens with zero attached hydrogens (tertiary/aromatic N) is 4. The molecule has 0 unspecified atom stereocenters. The van der Waals surface area contributed by atoms with Crippen LogP contribution in [0, 0.1) is 10.1 Å². The lowest BCUT2D eigenvalue weighted by Crippen LogP contribution is -2.10. The Morgan fingerprint density at radius 1 is 1.27 bits per heavy atom. The summed E-state index contributed by atoms with van der Waals surface area (Å²) in [4.78, 5) is 14.9. The second-order valence-corrected chi connectivity index (χ2v) is 4.91. The van der Waals surface area contributed by atoms with E-state index >= 15 is 0 Å². The van der Waals surface area contributed by atoms with Gasteiger partial charge in [0, 0.05) is 24.2 Å². The van der Waals surface area contributed by atoms with Gasteiger partial charge < -0.3 is 5.32 Å². The standard InChI is InChI=1S/C15H15N5O2/c1-2-11-9-13-15(19-18-11)14(17-8-7-16-13)10-3-5-12(6-4-10)20(21)22/h3-6,9,16H,2,7-8H2,1H3. The maximum absolute atomic E-state index is 10.8. The van der Waals surface area contributed by atoms with E-state index in [2.05, 4.69) is 20.5 Å². The summed E-state index contributed by atoms with van der Waals surface area (Å²) < 4.78 is 0. The van der Waals surface area contributed by atoms with Crippen molar-refractivity contribution in [2.75, 3.05) is 18.4 Å². The maximum Gasteiger partial charge on any atom is 0.269 e. The summed E-state index contributed by atoms with van der Waals surface area (Å²) in [5.41, 5.74) is 4.07. The third-order valence-corrected chi connectivity index (χ3v) is 3.48. The molecule has 22 heavy (non-hydrogen) atoms. The van der Waals surface area contributed by atoms with Crippen molar-refractivity contribution in [3.05, 3.63) is 57.4 Å². The third kappa shape index (κ3) is 2.65. The Labute approximate surface area is 127 Å². The molecule has 2 heterocycles. The summed E-state index contributed by atoms with van der Waals surface area (Å²) in [5.74, 6) is 0. The lowest BCUT2D eigenvalue weighted by atomic mass is 10.0. The van der Waals surface area contributed by atoms with Gasteiger partial charge in [-0.2, -0.15) is 5.10 Å². The van der Waals surface area contributed by atoms with Crippen LogP contribution in [0.1, 0.15) is 23.9 Å². The molecule has 1 aliphatic rings. The zero-order valence-electron chi connectivity index (χ0n) is 12.1. The summed E-state index contributed by atoms with van der Waals surface area (Å²) >= 11 is 0. The van der Waals surface area contributed by atoms with E-state index in [4.69, 9.17) is 0 Å². The second-order valence-electron chi connectivity index (χ2n) is 4.91. The summed E-state index contributed by atoms with van der Waals surface area (Å²) in [6, 6.07) is 8.32. The molecule has 0 saturated carbocycles. The molecular weight excluding hydrogens is 282 g/mol. The molecule has 0 bridgehead atoms. The zero-order valence-corrected chi connectivity index (χ0v) is 12.1. The fraction of sp³-hybridized carbons (Fsp3) is 0.267. The van der Waals surface area contributed by atoms with Crippen molar-refractivity contribution >= 4 is 17.1 Å². The molecule has 0 amide bonds. The van der Waals surface area contributed by atoms with Crippen molar-refractivity contribution in [2.24, 2.45) is 4.99 Å². The highest BCUT2D eigenvalue weighted by atomic mass is 16.6. The van der Waals surface area contributed by atoms with Crippen LogP contribution >= 0.6 is 0 Å². The Hall–Kier alpha value is -2.83. The minimum atomic E-state index is -0.415. The van der Waals surface area contributed by atoms with Crippen LogP contribution in [-0.4, -0.2) is 33.9 Å². The lowest BCUT2D eigenvalue weighted by Gasteiger charge is -2.09. The number of nitrogens with one attached hydrogen (secondary N) is 1. The van der Waals surface area contributed by atoms with Crippen LogP contribution in [0.4, 0.5) is 11.4 Å². The van der Waals surface area contributed by atoms with Crippen molar-refractivity contribution in [2.45, 2.75) is 13.3 Å². The van der Waals surface area contributed by atoms with Crippen molar-refractivity contribution in [3.63, 3.8) is 0 Å². The van der Waals surface area contributed by atoms with Gasteiger partial charge in [0.15, 0.2) is 0 Å². The number of hydrogen-bond acceptors (Lipinski definition) is 6. The number of aliphatic imine (C=N–C) groups is 1. The number of nitro groups is 1. The van der Waals surface area contributed by atoms with E-state index in [0.29, 0.717) is 18.0 Å². The average Bonchev–Trinajstić information content (AvgIpc) is 2.76. The Kier molecular flexibility index (Phi) is 3.78. The van der Waals surface area contributed by atoms with Crippen LogP contribution in [0.2, 0.25) is 0 Å². The largest absolute Gasteiger partial charge is 0.381 e. The van der Waals surface area contributed by atoms with Gasteiger partial charge in [0.2, 0.25) is 0 Å². The first kappa shape index (κ1) is 14.1. The molecule has 1 N–H and O–H groups in total. The van der Waals surface area contributed by atoms with Crippen LogP contribution in [-0.2, 0) is 6.42 Å². The summed E-state index contributed by atoms with van der Waals surface area (Å²) in [5, 5.41) is 22.5. The van der Waals surface area contributed by atoms with Crippen LogP contribution in [0.25, 0.3) is 0 Å². The molecule has 2 aromatic rings. The van der Waals surface area contributed by atoms with E-state index in [1.807, 2.05) is 13.0 Å². The highest BCUT2D eigenvalue weighted by Crippen LogP contribution is 2.22. The number of hydrogen-bond donors (Lipinski definition) is 1. The smallest absolute Gasteiger partial charge is 0.269 e. The van der Waals surface area contributed by atoms with Crippen LogP contribution in [0.15, 0.2) is 35.3 Å². The fourth-order valence-corrected chi connectivity index (χ4v) is 2.32. The molecule has 112 valence electrons. The van der Waals surface area contributed by atoms with E-state index < -0.39 is 4.92 Å². The Morgan fingerprint density at radius 3 is 2.73 bits per heavy atom. The van der Waals surface area contributed by atoms with E-state index in [1.165, 1.54) is 12.1 Å². The molecule has 1 aromatic heterocycles. The number of benzene rings is 1. The predicted octanol–water partition coefficient (Wildman–Crippen LogP) is 2.21. The highest BCUT2D eigenvalue weighted by Gasteiger charge is 2.18. The number of rotatable bonds is 3. The van der Waals surface area contributed by atoms with Gasteiger partial charge in [-0.25, -0.2) is 0 Å². The number of fused-ring (bicyclic) bond motifs is 1. The fourth-order valence-electron chi connectivity index (χ4n) is 2.32. The summed E-state index contributed by atoms with van der Waals surface area (Å²) in [7, 11) is 0. The minimum Gasteiger partial charge on any atom is -0.381 e. The van der Waals surface area contributed by atoms with Gasteiger partial charge in [-0.05, 0) is 24.6 Å². The number of aryl methyl sites for hydroxylation is 1. The SMILES string of the molecule is CCc1cc2c(nn1)C(c1ccc([N+](=O)[O-])cc1)=NCCN2. The van der Waals surface area contributed by atoms with Gasteiger partial charge in [0.05, 0.1) is 28.6 Å². The van der Waals surface area contributed by atoms with Crippen molar-refractivity contribution in [1.82, 2.24) is 10.2 Å². The number of aromatic nitrogens is 2. The van der Waals surface area contributed by atoms with Gasteiger partial charge in [-0.1, -0.05) is 6.92 Å². The molecular formula is C15H15N5O2. The van der Waals surface area contributed by atoms with Crippen molar-refractivity contribution in [3.8, 4) is 0 Å². The maximum atomic E-state index is 10.8. The van der Waals surface area contributed by atoms with Crippen molar-refractivity contribution in [1.29, 1.82) is 0 Å². The second kappa shape index (κ2) is 5.88. The average molecular weight is 297 g/mol. The van der Waals surface area contributed by atoms with Crippen molar-refractivity contribution < 1.29 is 4.92 Å². The van der Waals surface area contributed by atoms with Crippen LogP contribution < -0.4 is 5.32 Å². The first-order valence-corrected chi connectivity index (χ1v) is 7.09. The molecule has 3 rings (SSSR count). The molecule has 7 heteroatoms. The van der Waals surface area contributed by atoms with E-state index in [9.17, 15) is 10.1 Å². The van der Waals surface area contributed by atoms with Gasteiger partial charge >= 0.3 is 0 Å². The van der Waals surface area contributed by atoms with Gasteiger partial charge in [0.1, 0.15) is 5.69 Å². The molecule has 7 nitrogen and oxygen atoms in total. The quantitative estimate of drug-likeness (QED) is 0.692. The molecule has 0 aliphatic carbocycles. The molecule has 0 spiro atoms. The molecule has 1 aliphatic heterocycles. The first-order chi connectivity index (χ1) is 10.7. The molecule has 0 fully saturated rings. The Bertz CT molecular complexity index is 740. The third-order valence-electron chi connectivity index (χ3n) is 3.48. The Balaban J connectivity index is 2.04. The zero-order chi connectivity index (χ0) is 15.5. The number of non-ortho nitro benzene ring substituents is 1. The Morgan fingerprint density at radius 2 is 2.05 bits per heavy atom.